The molecule has 0 spiro atoms. The zero-order valence-electron chi connectivity index (χ0n) is 19.0. The Bertz CT molecular complexity index is 1180. The lowest BCUT2D eigenvalue weighted by atomic mass is 10.1. The molecule has 34 heavy (non-hydrogen) atoms. The minimum atomic E-state index is -0.350. The normalized spacial score (nSPS) is 15.8. The van der Waals surface area contributed by atoms with E-state index in [4.69, 9.17) is 5.73 Å². The summed E-state index contributed by atoms with van der Waals surface area (Å²) in [6.07, 6.45) is 4.05. The fourth-order valence-electron chi connectivity index (χ4n) is 4.26. The van der Waals surface area contributed by atoms with Crippen molar-refractivity contribution in [1.29, 1.82) is 0 Å². The summed E-state index contributed by atoms with van der Waals surface area (Å²) in [7, 11) is 0. The number of hydrogen-bond acceptors (Lipinski definition) is 6. The quantitative estimate of drug-likeness (QED) is 0.566. The summed E-state index contributed by atoms with van der Waals surface area (Å²) in [5, 5.41) is 3.31. The maximum absolute atomic E-state index is 12.3. The van der Waals surface area contributed by atoms with Gasteiger partial charge in [-0.2, -0.15) is 0 Å². The van der Waals surface area contributed by atoms with Crippen molar-refractivity contribution in [2.45, 2.75) is 19.3 Å². The SMILES string of the molecule is NC(=O)Cc1ccc(-c2ccnc(Nc3cccc(N4CCN(C(=O)C5CC5)CC4)c3)n2)cc1. The van der Waals surface area contributed by atoms with Gasteiger partial charge in [0, 0.05) is 55.2 Å². The lowest BCUT2D eigenvalue weighted by Gasteiger charge is -2.36. The highest BCUT2D eigenvalue weighted by Crippen LogP contribution is 2.32. The van der Waals surface area contributed by atoms with Crippen molar-refractivity contribution in [3.63, 3.8) is 0 Å². The average Bonchev–Trinajstić information content (AvgIpc) is 3.70. The van der Waals surface area contributed by atoms with Gasteiger partial charge in [0.15, 0.2) is 0 Å². The van der Waals surface area contributed by atoms with Gasteiger partial charge in [-0.25, -0.2) is 9.97 Å². The first-order valence-electron chi connectivity index (χ1n) is 11.7. The summed E-state index contributed by atoms with van der Waals surface area (Å²) < 4.78 is 0. The number of carbonyl (C=O) groups is 2. The molecule has 5 rings (SSSR count). The molecule has 1 saturated carbocycles. The molecule has 0 atom stereocenters. The van der Waals surface area contributed by atoms with Gasteiger partial charge in [0.05, 0.1) is 12.1 Å². The molecule has 8 nitrogen and oxygen atoms in total. The molecule has 1 aliphatic heterocycles. The van der Waals surface area contributed by atoms with Crippen molar-refractivity contribution in [3.05, 3.63) is 66.4 Å². The predicted octanol–water partition coefficient (Wildman–Crippen LogP) is 2.97. The number of piperazine rings is 1. The third kappa shape index (κ3) is 5.17. The van der Waals surface area contributed by atoms with Crippen LogP contribution >= 0.6 is 0 Å². The Morgan fingerprint density at radius 3 is 2.47 bits per heavy atom. The van der Waals surface area contributed by atoms with Gasteiger partial charge in [-0.1, -0.05) is 30.3 Å². The van der Waals surface area contributed by atoms with Crippen LogP contribution in [0.4, 0.5) is 17.3 Å². The third-order valence-electron chi connectivity index (χ3n) is 6.27. The van der Waals surface area contributed by atoms with Crippen LogP contribution in [0.3, 0.4) is 0 Å². The molecule has 8 heteroatoms. The minimum absolute atomic E-state index is 0.221. The van der Waals surface area contributed by atoms with E-state index >= 15 is 0 Å². The Morgan fingerprint density at radius 1 is 1.00 bits per heavy atom. The molecule has 0 unspecified atom stereocenters. The van der Waals surface area contributed by atoms with Crippen molar-refractivity contribution >= 4 is 29.1 Å². The van der Waals surface area contributed by atoms with E-state index < -0.39 is 0 Å². The molecule has 1 aromatic heterocycles. The van der Waals surface area contributed by atoms with E-state index in [1.807, 2.05) is 47.4 Å². The molecular weight excluding hydrogens is 428 g/mol. The summed E-state index contributed by atoms with van der Waals surface area (Å²) >= 11 is 0. The van der Waals surface area contributed by atoms with Crippen LogP contribution < -0.4 is 16.0 Å². The van der Waals surface area contributed by atoms with Crippen LogP contribution in [0.25, 0.3) is 11.3 Å². The van der Waals surface area contributed by atoms with Gasteiger partial charge in [0.25, 0.3) is 0 Å². The van der Waals surface area contributed by atoms with Gasteiger partial charge in [0.1, 0.15) is 0 Å². The lowest BCUT2D eigenvalue weighted by Crippen LogP contribution is -2.49. The Kier molecular flexibility index (Phi) is 6.12. The molecule has 3 aromatic rings. The van der Waals surface area contributed by atoms with Crippen molar-refractivity contribution in [3.8, 4) is 11.3 Å². The number of benzene rings is 2. The van der Waals surface area contributed by atoms with Crippen LogP contribution in [0.1, 0.15) is 18.4 Å². The number of nitrogens with zero attached hydrogens (tertiary/aromatic N) is 4. The molecule has 2 amide bonds. The summed E-state index contributed by atoms with van der Waals surface area (Å²) in [6.45, 7) is 3.21. The van der Waals surface area contributed by atoms with E-state index in [-0.39, 0.29) is 18.2 Å². The lowest BCUT2D eigenvalue weighted by molar-refractivity contribution is -0.132. The van der Waals surface area contributed by atoms with Crippen LogP contribution in [0.5, 0.6) is 0 Å². The first-order valence-corrected chi connectivity index (χ1v) is 11.7. The molecular formula is C26H28N6O2. The second-order valence-corrected chi connectivity index (χ2v) is 8.87. The fraction of sp³-hybridized carbons (Fsp3) is 0.308. The maximum Gasteiger partial charge on any atom is 0.227 e. The highest BCUT2D eigenvalue weighted by molar-refractivity contribution is 5.81. The van der Waals surface area contributed by atoms with Crippen LogP contribution in [-0.2, 0) is 16.0 Å². The third-order valence-corrected chi connectivity index (χ3v) is 6.27. The van der Waals surface area contributed by atoms with E-state index in [0.717, 1.165) is 67.2 Å². The van der Waals surface area contributed by atoms with Crippen molar-refractivity contribution in [2.24, 2.45) is 11.7 Å². The van der Waals surface area contributed by atoms with E-state index in [1.54, 1.807) is 6.20 Å². The first kappa shape index (κ1) is 21.9. The molecule has 0 bridgehead atoms. The second kappa shape index (κ2) is 9.51. The maximum atomic E-state index is 12.3. The van der Waals surface area contributed by atoms with Gasteiger partial charge in [0.2, 0.25) is 17.8 Å². The van der Waals surface area contributed by atoms with E-state index in [2.05, 4.69) is 32.3 Å². The summed E-state index contributed by atoms with van der Waals surface area (Å²) in [6, 6.07) is 17.7. The van der Waals surface area contributed by atoms with Crippen LogP contribution in [0.15, 0.2) is 60.8 Å². The number of aromatic nitrogens is 2. The number of rotatable bonds is 7. The van der Waals surface area contributed by atoms with Crippen LogP contribution in [-0.4, -0.2) is 52.9 Å². The molecule has 174 valence electrons. The topological polar surface area (TPSA) is 104 Å². The highest BCUT2D eigenvalue weighted by atomic mass is 16.2. The molecule has 2 fully saturated rings. The molecule has 1 saturated heterocycles. The molecule has 3 N–H and O–H groups in total. The van der Waals surface area contributed by atoms with Crippen LogP contribution in [0.2, 0.25) is 0 Å². The molecule has 1 aliphatic carbocycles. The van der Waals surface area contributed by atoms with Crippen molar-refractivity contribution < 1.29 is 9.59 Å². The first-order chi connectivity index (χ1) is 16.5. The number of amides is 2. The Balaban J connectivity index is 1.24. The van der Waals surface area contributed by atoms with Crippen molar-refractivity contribution in [2.75, 3.05) is 36.4 Å². The molecule has 2 aliphatic rings. The molecule has 0 radical (unpaired) electrons. The standard InChI is InChI=1S/C26H28N6O2/c27-24(33)16-18-4-6-19(7-5-18)23-10-11-28-26(30-23)29-21-2-1-3-22(17-21)31-12-14-32(15-13-31)25(34)20-8-9-20/h1-7,10-11,17,20H,8-9,12-16H2,(H2,27,33)(H,28,29,30). The Labute approximate surface area is 198 Å². The number of nitrogens with one attached hydrogen (secondary N) is 1. The molecule has 2 heterocycles. The average molecular weight is 457 g/mol. The van der Waals surface area contributed by atoms with Gasteiger partial charge < -0.3 is 20.9 Å². The fourth-order valence-corrected chi connectivity index (χ4v) is 4.26. The monoisotopic (exact) mass is 456 g/mol. The number of carbonyl (C=O) groups excluding carboxylic acids is 2. The number of anilines is 3. The smallest absolute Gasteiger partial charge is 0.227 e. The number of primary amides is 1. The summed E-state index contributed by atoms with van der Waals surface area (Å²) in [4.78, 5) is 36.8. The predicted molar refractivity (Wildman–Crippen MR) is 132 cm³/mol. The van der Waals surface area contributed by atoms with E-state index in [1.165, 1.54) is 0 Å². The van der Waals surface area contributed by atoms with Gasteiger partial charge in [-0.15, -0.1) is 0 Å². The minimum Gasteiger partial charge on any atom is -0.369 e. The largest absolute Gasteiger partial charge is 0.369 e. The highest BCUT2D eigenvalue weighted by Gasteiger charge is 2.34. The van der Waals surface area contributed by atoms with Gasteiger partial charge >= 0.3 is 0 Å². The summed E-state index contributed by atoms with van der Waals surface area (Å²) in [5.74, 6) is 0.769. The second-order valence-electron chi connectivity index (χ2n) is 8.87. The number of nitrogens with two attached hydrogens (primary N) is 1. The zero-order valence-corrected chi connectivity index (χ0v) is 19.0. The zero-order chi connectivity index (χ0) is 23.5. The van der Waals surface area contributed by atoms with Crippen molar-refractivity contribution in [1.82, 2.24) is 14.9 Å². The van der Waals surface area contributed by atoms with Crippen LogP contribution in [0, 0.1) is 5.92 Å². The number of hydrogen-bond donors (Lipinski definition) is 2. The Morgan fingerprint density at radius 2 is 1.76 bits per heavy atom. The Hall–Kier alpha value is -3.94. The molecule has 2 aromatic carbocycles. The van der Waals surface area contributed by atoms with Gasteiger partial charge in [-0.3, -0.25) is 9.59 Å². The van der Waals surface area contributed by atoms with Gasteiger partial charge in [-0.05, 0) is 42.7 Å². The van der Waals surface area contributed by atoms with E-state index in [0.29, 0.717) is 11.9 Å². The van der Waals surface area contributed by atoms with E-state index in [9.17, 15) is 9.59 Å². The summed E-state index contributed by atoms with van der Waals surface area (Å²) in [5.41, 5.74) is 9.89.